The molecule has 1 saturated carbocycles. The minimum Gasteiger partial charge on any atom is -0.390 e. The molecule has 2 heterocycles. The summed E-state index contributed by atoms with van der Waals surface area (Å²) in [5, 5.41) is 34.0. The monoisotopic (exact) mass is 587 g/mol. The second-order valence-corrected chi connectivity index (χ2v) is 10.5. The molecular formula is C24H28F2IN3O4. The van der Waals surface area contributed by atoms with E-state index in [0.29, 0.717) is 22.8 Å². The van der Waals surface area contributed by atoms with Crippen LogP contribution in [0.4, 0.5) is 8.78 Å². The zero-order chi connectivity index (χ0) is 24.6. The van der Waals surface area contributed by atoms with Crippen molar-refractivity contribution >= 4 is 28.5 Å². The van der Waals surface area contributed by atoms with Crippen molar-refractivity contribution in [1.29, 1.82) is 0 Å². The fourth-order valence-corrected chi connectivity index (χ4v) is 5.36. The summed E-state index contributed by atoms with van der Waals surface area (Å²) in [7, 11) is 0. The van der Waals surface area contributed by atoms with Crippen LogP contribution in [0.25, 0.3) is 0 Å². The number of aromatic nitrogens is 1. The lowest BCUT2D eigenvalue weighted by molar-refractivity contribution is -0.107. The highest BCUT2D eigenvalue weighted by Crippen LogP contribution is 2.31. The van der Waals surface area contributed by atoms with Gasteiger partial charge in [-0.25, -0.2) is 9.37 Å². The molecule has 4 atom stereocenters. The van der Waals surface area contributed by atoms with Gasteiger partial charge in [-0.2, -0.15) is 4.39 Å². The first-order chi connectivity index (χ1) is 16.1. The second kappa shape index (κ2) is 10.1. The third-order valence-electron chi connectivity index (χ3n) is 6.82. The first-order valence-corrected chi connectivity index (χ1v) is 12.4. The van der Waals surface area contributed by atoms with Gasteiger partial charge in [-0.15, -0.1) is 0 Å². The van der Waals surface area contributed by atoms with E-state index in [9.17, 15) is 28.9 Å². The Morgan fingerprint density at radius 2 is 1.94 bits per heavy atom. The van der Waals surface area contributed by atoms with Crippen molar-refractivity contribution in [3.8, 4) is 0 Å². The molecule has 1 aromatic heterocycles. The van der Waals surface area contributed by atoms with E-state index in [0.717, 1.165) is 0 Å². The number of β-amino-alcohol motifs (C(OH)–C–C–N with tert-alkyl or cyclic N) is 1. The number of amides is 1. The molecule has 0 bridgehead atoms. The Bertz CT molecular complexity index is 1060. The molecule has 0 radical (unpaired) electrons. The maximum atomic E-state index is 14.6. The molecule has 34 heavy (non-hydrogen) atoms. The number of carbonyl (C=O) groups is 1. The lowest BCUT2D eigenvalue weighted by Crippen LogP contribution is -2.72. The van der Waals surface area contributed by atoms with Crippen LogP contribution in [-0.2, 0) is 6.42 Å². The highest BCUT2D eigenvalue weighted by molar-refractivity contribution is 14.1. The van der Waals surface area contributed by atoms with Gasteiger partial charge in [0.05, 0.1) is 25.3 Å². The lowest BCUT2D eigenvalue weighted by atomic mass is 9.83. The van der Waals surface area contributed by atoms with E-state index >= 15 is 0 Å². The largest absolute Gasteiger partial charge is 0.390 e. The molecule has 2 aliphatic rings. The Morgan fingerprint density at radius 3 is 2.56 bits per heavy atom. The third-order valence-corrected chi connectivity index (χ3v) is 7.49. The van der Waals surface area contributed by atoms with E-state index in [1.54, 1.807) is 12.1 Å². The summed E-state index contributed by atoms with van der Waals surface area (Å²) < 4.78 is 29.7. The molecule has 184 valence electrons. The Labute approximate surface area is 210 Å². The number of aliphatic hydroxyl groups excluding tert-OH is 2. The molecule has 1 aromatic carbocycles. The summed E-state index contributed by atoms with van der Waals surface area (Å²) in [6.07, 6.45) is 0.880. The lowest BCUT2D eigenvalue weighted by Gasteiger charge is -2.51. The summed E-state index contributed by atoms with van der Waals surface area (Å²) >= 11 is 1.99. The Hall–Kier alpha value is -1.73. The standard InChI is InChI=1S/C24H28F2IN3O4/c1-2-21(29-15-9-19(31)20(32)10-15)24(34)11-30(12-24)23(33)16-5-6-28-22(26)17(16)7-13-3-4-14(27)8-18(13)25/h3-6,8,15,19-21,29,31-32,34H,2,7,9-12H2,1H3/t15?,19-,20+,21-/m0/s1. The molecule has 10 heteroatoms. The summed E-state index contributed by atoms with van der Waals surface area (Å²) in [6.45, 7) is 2.01. The molecule has 4 N–H and O–H groups in total. The van der Waals surface area contributed by atoms with Crippen LogP contribution in [0.2, 0.25) is 0 Å². The number of halogens is 3. The number of rotatable bonds is 7. The van der Waals surface area contributed by atoms with Gasteiger partial charge in [0.25, 0.3) is 5.91 Å². The highest BCUT2D eigenvalue weighted by Gasteiger charge is 2.50. The molecule has 1 unspecified atom stereocenters. The van der Waals surface area contributed by atoms with E-state index in [1.807, 2.05) is 29.5 Å². The Morgan fingerprint density at radius 1 is 1.26 bits per heavy atom. The SMILES string of the molecule is CC[C@H](NC1C[C@@H](O)[C@@H](O)C1)C1(O)CN(C(=O)c2ccnc(F)c2Cc2ccc(I)cc2F)C1. The quantitative estimate of drug-likeness (QED) is 0.292. The topological polar surface area (TPSA) is 106 Å². The molecule has 1 aliphatic carbocycles. The summed E-state index contributed by atoms with van der Waals surface area (Å²) in [5.74, 6) is -1.76. The smallest absolute Gasteiger partial charge is 0.254 e. The zero-order valence-corrected chi connectivity index (χ0v) is 20.9. The number of benzene rings is 1. The minimum atomic E-state index is -1.18. The fraction of sp³-hybridized carbons (Fsp3) is 0.500. The maximum Gasteiger partial charge on any atom is 0.254 e. The van der Waals surface area contributed by atoms with Crippen LogP contribution in [0.1, 0.15) is 47.7 Å². The van der Waals surface area contributed by atoms with Crippen LogP contribution < -0.4 is 5.32 Å². The molecule has 1 saturated heterocycles. The summed E-state index contributed by atoms with van der Waals surface area (Å²) in [5.41, 5.74) is -0.813. The van der Waals surface area contributed by atoms with Crippen molar-refractivity contribution in [3.05, 3.63) is 62.5 Å². The molecule has 2 aromatic rings. The predicted molar refractivity (Wildman–Crippen MR) is 129 cm³/mol. The zero-order valence-electron chi connectivity index (χ0n) is 18.7. The normalized spacial score (nSPS) is 24.7. The molecular weight excluding hydrogens is 559 g/mol. The van der Waals surface area contributed by atoms with Crippen molar-refractivity contribution in [2.24, 2.45) is 0 Å². The van der Waals surface area contributed by atoms with Crippen molar-refractivity contribution in [1.82, 2.24) is 15.2 Å². The predicted octanol–water partition coefficient (Wildman–Crippen LogP) is 1.99. The molecule has 2 fully saturated rings. The summed E-state index contributed by atoms with van der Waals surface area (Å²) in [6, 6.07) is 5.57. The Balaban J connectivity index is 1.46. The average molecular weight is 587 g/mol. The van der Waals surface area contributed by atoms with E-state index in [-0.39, 0.29) is 48.3 Å². The van der Waals surface area contributed by atoms with E-state index in [2.05, 4.69) is 10.3 Å². The van der Waals surface area contributed by atoms with Crippen LogP contribution in [0, 0.1) is 15.3 Å². The van der Waals surface area contributed by atoms with Gasteiger partial charge in [-0.1, -0.05) is 13.0 Å². The number of hydrogen-bond acceptors (Lipinski definition) is 6. The Kier molecular flexibility index (Phi) is 7.53. The van der Waals surface area contributed by atoms with Gasteiger partial charge in [-0.05, 0) is 65.6 Å². The fourth-order valence-electron chi connectivity index (χ4n) is 4.91. The maximum absolute atomic E-state index is 14.6. The van der Waals surface area contributed by atoms with Gasteiger partial charge >= 0.3 is 0 Å². The van der Waals surface area contributed by atoms with Gasteiger partial charge in [-0.3, -0.25) is 4.79 Å². The van der Waals surface area contributed by atoms with Gasteiger partial charge in [0.15, 0.2) is 0 Å². The van der Waals surface area contributed by atoms with E-state index in [4.69, 9.17) is 0 Å². The molecule has 4 rings (SSSR count). The van der Waals surface area contributed by atoms with Crippen molar-refractivity contribution in [3.63, 3.8) is 0 Å². The highest BCUT2D eigenvalue weighted by atomic mass is 127. The number of pyridine rings is 1. The number of likely N-dealkylation sites (tertiary alicyclic amines) is 1. The van der Waals surface area contributed by atoms with Gasteiger partial charge in [0, 0.05) is 39.4 Å². The van der Waals surface area contributed by atoms with Crippen LogP contribution in [-0.4, -0.2) is 74.1 Å². The summed E-state index contributed by atoms with van der Waals surface area (Å²) in [4.78, 5) is 18.3. The van der Waals surface area contributed by atoms with Crippen LogP contribution in [0.15, 0.2) is 30.5 Å². The third kappa shape index (κ3) is 5.11. The minimum absolute atomic E-state index is 0.0159. The van der Waals surface area contributed by atoms with Gasteiger partial charge in [0.1, 0.15) is 11.4 Å². The first-order valence-electron chi connectivity index (χ1n) is 11.3. The van der Waals surface area contributed by atoms with Crippen LogP contribution >= 0.6 is 22.6 Å². The molecule has 0 spiro atoms. The average Bonchev–Trinajstić information content (AvgIpc) is 3.09. The van der Waals surface area contributed by atoms with Crippen molar-refractivity contribution in [2.75, 3.05) is 13.1 Å². The van der Waals surface area contributed by atoms with Gasteiger partial charge in [0.2, 0.25) is 5.95 Å². The van der Waals surface area contributed by atoms with Crippen LogP contribution in [0.3, 0.4) is 0 Å². The van der Waals surface area contributed by atoms with E-state index in [1.165, 1.54) is 23.2 Å². The van der Waals surface area contributed by atoms with Gasteiger partial charge < -0.3 is 25.5 Å². The van der Waals surface area contributed by atoms with E-state index < -0.39 is 35.5 Å². The molecule has 1 aliphatic heterocycles. The first kappa shape index (κ1) is 25.4. The molecule has 7 nitrogen and oxygen atoms in total. The number of aliphatic hydroxyl groups is 3. The number of nitrogens with one attached hydrogen (secondary N) is 1. The number of hydrogen-bond donors (Lipinski definition) is 4. The van der Waals surface area contributed by atoms with Crippen molar-refractivity contribution < 1.29 is 28.9 Å². The number of carbonyl (C=O) groups excluding carboxylic acids is 1. The molecule has 1 amide bonds. The van der Waals surface area contributed by atoms with Crippen molar-refractivity contribution in [2.45, 2.75) is 62.5 Å². The van der Waals surface area contributed by atoms with Crippen LogP contribution in [0.5, 0.6) is 0 Å². The number of nitrogens with zero attached hydrogens (tertiary/aromatic N) is 2. The second-order valence-electron chi connectivity index (χ2n) is 9.24.